The molecule has 0 aliphatic carbocycles. The highest BCUT2D eigenvalue weighted by Crippen LogP contribution is 2.27. The van der Waals surface area contributed by atoms with E-state index >= 15 is 0 Å². The molecule has 3 nitrogen and oxygen atoms in total. The van der Waals surface area contributed by atoms with Crippen LogP contribution in [-0.2, 0) is 6.54 Å². The van der Waals surface area contributed by atoms with Crippen LogP contribution >= 0.6 is 0 Å². The fourth-order valence-electron chi connectivity index (χ4n) is 4.05. The van der Waals surface area contributed by atoms with E-state index in [4.69, 9.17) is 0 Å². The number of para-hydroxylation sites is 1. The van der Waals surface area contributed by atoms with E-state index in [1.54, 1.807) is 6.07 Å². The van der Waals surface area contributed by atoms with Crippen molar-refractivity contribution >= 4 is 11.6 Å². The highest BCUT2D eigenvalue weighted by molar-refractivity contribution is 6.06. The molecule has 30 heavy (non-hydrogen) atoms. The van der Waals surface area contributed by atoms with Crippen LogP contribution in [0.5, 0.6) is 0 Å². The molecule has 1 amide bonds. The lowest BCUT2D eigenvalue weighted by Gasteiger charge is -2.38. The minimum absolute atomic E-state index is 0.0172. The number of likely N-dealkylation sites (tertiary alicyclic amines) is 1. The number of benzene rings is 3. The van der Waals surface area contributed by atoms with Crippen LogP contribution in [0.3, 0.4) is 0 Å². The molecule has 4 rings (SSSR count). The molecule has 1 heterocycles. The zero-order valence-electron chi connectivity index (χ0n) is 16.7. The molecule has 3 aromatic carbocycles. The summed E-state index contributed by atoms with van der Waals surface area (Å²) in [6.07, 6.45) is 1.54. The Morgan fingerprint density at radius 1 is 0.867 bits per heavy atom. The van der Waals surface area contributed by atoms with Crippen molar-refractivity contribution in [1.29, 1.82) is 0 Å². The molecule has 0 unspecified atom stereocenters. The normalized spacial score (nSPS) is 15.1. The summed E-state index contributed by atoms with van der Waals surface area (Å²) < 4.78 is 27.5. The summed E-state index contributed by atoms with van der Waals surface area (Å²) >= 11 is 0. The first-order valence-corrected chi connectivity index (χ1v) is 10.2. The highest BCUT2D eigenvalue weighted by atomic mass is 19.2. The van der Waals surface area contributed by atoms with Crippen LogP contribution < -0.4 is 4.90 Å². The Kier molecular flexibility index (Phi) is 6.19. The number of amides is 1. The second kappa shape index (κ2) is 9.18. The summed E-state index contributed by atoms with van der Waals surface area (Å²) in [4.78, 5) is 17.3. The molecule has 0 N–H and O–H groups in total. The van der Waals surface area contributed by atoms with Crippen molar-refractivity contribution in [1.82, 2.24) is 4.90 Å². The third-order valence-electron chi connectivity index (χ3n) is 5.62. The molecule has 0 aromatic heterocycles. The van der Waals surface area contributed by atoms with Gasteiger partial charge < -0.3 is 4.90 Å². The van der Waals surface area contributed by atoms with Crippen LogP contribution in [0.1, 0.15) is 28.8 Å². The Morgan fingerprint density at radius 3 is 2.17 bits per heavy atom. The maximum atomic E-state index is 14.0. The van der Waals surface area contributed by atoms with E-state index in [-0.39, 0.29) is 11.9 Å². The Bertz CT molecular complexity index is 987. The Balaban J connectivity index is 1.49. The third-order valence-corrected chi connectivity index (χ3v) is 5.62. The first-order valence-electron chi connectivity index (χ1n) is 10.2. The van der Waals surface area contributed by atoms with Crippen molar-refractivity contribution < 1.29 is 13.6 Å². The predicted molar refractivity (Wildman–Crippen MR) is 114 cm³/mol. The second-order valence-electron chi connectivity index (χ2n) is 7.60. The van der Waals surface area contributed by atoms with Gasteiger partial charge in [-0.05, 0) is 43.2 Å². The van der Waals surface area contributed by atoms with Gasteiger partial charge in [0.15, 0.2) is 11.6 Å². The summed E-state index contributed by atoms with van der Waals surface area (Å²) in [5.41, 5.74) is 1.90. The van der Waals surface area contributed by atoms with Gasteiger partial charge in [-0.2, -0.15) is 0 Å². The van der Waals surface area contributed by atoms with Crippen LogP contribution in [0, 0.1) is 11.6 Å². The monoisotopic (exact) mass is 406 g/mol. The molecule has 0 atom stereocenters. The standard InChI is InChI=1S/C25H24F2N2O/c26-23-13-7-10-20(24(23)27)18-28-16-14-22(15-17-28)29(21-11-5-2-6-12-21)25(30)19-8-3-1-4-9-19/h1-13,22H,14-18H2. The summed E-state index contributed by atoms with van der Waals surface area (Å²) in [6, 6.07) is 23.4. The molecule has 0 spiro atoms. The van der Waals surface area contributed by atoms with Gasteiger partial charge in [0.1, 0.15) is 0 Å². The molecular weight excluding hydrogens is 382 g/mol. The van der Waals surface area contributed by atoms with Crippen molar-refractivity contribution in [3.8, 4) is 0 Å². The number of anilines is 1. The lowest BCUT2D eigenvalue weighted by atomic mass is 10.00. The van der Waals surface area contributed by atoms with Crippen LogP contribution in [0.2, 0.25) is 0 Å². The SMILES string of the molecule is O=C(c1ccccc1)N(c1ccccc1)C1CCN(Cc2cccc(F)c2F)CC1. The van der Waals surface area contributed by atoms with Gasteiger partial charge in [0, 0.05) is 42.5 Å². The number of carbonyl (C=O) groups excluding carboxylic acids is 1. The van der Waals surface area contributed by atoms with Crippen molar-refractivity contribution in [2.45, 2.75) is 25.4 Å². The van der Waals surface area contributed by atoms with E-state index in [1.807, 2.05) is 65.6 Å². The molecular formula is C25H24F2N2O. The van der Waals surface area contributed by atoms with Crippen molar-refractivity contribution in [3.63, 3.8) is 0 Å². The zero-order chi connectivity index (χ0) is 20.9. The van der Waals surface area contributed by atoms with Crippen LogP contribution in [0.25, 0.3) is 0 Å². The minimum atomic E-state index is -0.814. The van der Waals surface area contributed by atoms with E-state index in [0.717, 1.165) is 24.6 Å². The molecule has 0 radical (unpaired) electrons. The summed E-state index contributed by atoms with van der Waals surface area (Å²) in [6.45, 7) is 1.80. The van der Waals surface area contributed by atoms with Gasteiger partial charge in [-0.15, -0.1) is 0 Å². The molecule has 154 valence electrons. The average molecular weight is 406 g/mol. The van der Waals surface area contributed by atoms with Crippen molar-refractivity contribution in [3.05, 3.63) is 102 Å². The van der Waals surface area contributed by atoms with Gasteiger partial charge in [0.2, 0.25) is 0 Å². The smallest absolute Gasteiger partial charge is 0.258 e. The molecule has 0 saturated carbocycles. The fraction of sp³-hybridized carbons (Fsp3) is 0.240. The number of nitrogens with zero attached hydrogens (tertiary/aromatic N) is 2. The molecule has 3 aromatic rings. The summed E-state index contributed by atoms with van der Waals surface area (Å²) in [5, 5.41) is 0. The minimum Gasteiger partial charge on any atom is -0.305 e. The largest absolute Gasteiger partial charge is 0.305 e. The number of rotatable bonds is 5. The maximum Gasteiger partial charge on any atom is 0.258 e. The predicted octanol–water partition coefficient (Wildman–Crippen LogP) is 5.28. The van der Waals surface area contributed by atoms with Crippen molar-refractivity contribution in [2.24, 2.45) is 0 Å². The third kappa shape index (κ3) is 4.41. The number of hydrogen-bond acceptors (Lipinski definition) is 2. The fourth-order valence-corrected chi connectivity index (χ4v) is 4.05. The van der Waals surface area contributed by atoms with E-state index in [0.29, 0.717) is 30.8 Å². The van der Waals surface area contributed by atoms with Crippen LogP contribution in [0.15, 0.2) is 78.9 Å². The van der Waals surface area contributed by atoms with Gasteiger partial charge >= 0.3 is 0 Å². The van der Waals surface area contributed by atoms with Gasteiger partial charge in [0.25, 0.3) is 5.91 Å². The van der Waals surface area contributed by atoms with Gasteiger partial charge in [-0.1, -0.05) is 48.5 Å². The summed E-state index contributed by atoms with van der Waals surface area (Å²) in [5.74, 6) is -1.60. The lowest BCUT2D eigenvalue weighted by Crippen LogP contribution is -2.47. The molecule has 1 fully saturated rings. The Hall–Kier alpha value is -3.05. The average Bonchev–Trinajstić information content (AvgIpc) is 2.79. The number of halogens is 2. The van der Waals surface area contributed by atoms with Gasteiger partial charge in [-0.3, -0.25) is 9.69 Å². The number of carbonyl (C=O) groups is 1. The van der Waals surface area contributed by atoms with Crippen LogP contribution in [-0.4, -0.2) is 29.9 Å². The van der Waals surface area contributed by atoms with E-state index in [2.05, 4.69) is 4.90 Å². The highest BCUT2D eigenvalue weighted by Gasteiger charge is 2.30. The van der Waals surface area contributed by atoms with E-state index < -0.39 is 11.6 Å². The van der Waals surface area contributed by atoms with Gasteiger partial charge in [0.05, 0.1) is 0 Å². The first kappa shape index (κ1) is 20.2. The molecule has 1 aliphatic rings. The quantitative estimate of drug-likeness (QED) is 0.576. The summed E-state index contributed by atoms with van der Waals surface area (Å²) in [7, 11) is 0. The van der Waals surface area contributed by atoms with E-state index in [1.165, 1.54) is 6.07 Å². The molecule has 1 saturated heterocycles. The number of hydrogen-bond donors (Lipinski definition) is 0. The molecule has 5 heteroatoms. The van der Waals surface area contributed by atoms with E-state index in [9.17, 15) is 13.6 Å². The maximum absolute atomic E-state index is 14.0. The zero-order valence-corrected chi connectivity index (χ0v) is 16.7. The molecule has 1 aliphatic heterocycles. The van der Waals surface area contributed by atoms with Crippen LogP contribution in [0.4, 0.5) is 14.5 Å². The first-order chi connectivity index (χ1) is 14.6. The van der Waals surface area contributed by atoms with Crippen molar-refractivity contribution in [2.75, 3.05) is 18.0 Å². The van der Waals surface area contributed by atoms with Gasteiger partial charge in [-0.25, -0.2) is 8.78 Å². The lowest BCUT2D eigenvalue weighted by molar-refractivity contribution is 0.0958. The second-order valence-corrected chi connectivity index (χ2v) is 7.60. The topological polar surface area (TPSA) is 23.6 Å². The Labute approximate surface area is 175 Å². The molecule has 0 bridgehead atoms. The Morgan fingerprint density at radius 2 is 1.50 bits per heavy atom. The number of piperidine rings is 1.